The number of aromatic nitrogens is 5. The number of hydrogen-bond acceptors (Lipinski definition) is 13. The fourth-order valence-corrected chi connectivity index (χ4v) is 6.74. The summed E-state index contributed by atoms with van der Waals surface area (Å²) < 4.78 is 63.3. The standard InChI is InChI=1S/C23H20BrClF3N5O7S2/c1-9(34)37-7-15-18(38-10(2)35)17(33-6-14(31-32-33)21-30-16(25)8-41-21)19(39-11(3)36)22(40-15)42-12-4-13(24)20(29-5-12)23(26,27)28/h4-6,8,15,17-19,22H,7H2,1-3H3/t15?,17?,18-,19?,22+/m0/s1. The van der Waals surface area contributed by atoms with Crippen LogP contribution in [0.3, 0.4) is 0 Å². The van der Waals surface area contributed by atoms with Crippen molar-refractivity contribution < 1.29 is 46.5 Å². The van der Waals surface area contributed by atoms with Gasteiger partial charge in [-0.3, -0.25) is 14.4 Å². The number of rotatable bonds is 8. The van der Waals surface area contributed by atoms with Crippen molar-refractivity contribution >= 4 is 68.5 Å². The SMILES string of the molecule is CC(=O)OCC1O[C@H](Sc2cnc(C(F)(F)F)c(Br)c2)C(OC(C)=O)C(n2cc(-c3nc(Cl)cs3)nn2)[C@H]1OC(C)=O. The fraction of sp³-hybridized carbons (Fsp3) is 0.435. The van der Waals surface area contributed by atoms with Crippen LogP contribution in [-0.4, -0.2) is 73.2 Å². The Hall–Kier alpha value is -2.80. The van der Waals surface area contributed by atoms with Crippen molar-refractivity contribution in [1.29, 1.82) is 0 Å². The van der Waals surface area contributed by atoms with Crippen LogP contribution in [0.15, 0.2) is 33.2 Å². The van der Waals surface area contributed by atoms with Crippen molar-refractivity contribution in [3.8, 4) is 10.7 Å². The first-order valence-corrected chi connectivity index (χ1v) is 14.7. The molecule has 1 fully saturated rings. The Balaban J connectivity index is 1.79. The number of carbonyl (C=O) groups is 3. The Labute approximate surface area is 257 Å². The average molecular weight is 715 g/mol. The molecule has 1 aliphatic heterocycles. The highest BCUT2D eigenvalue weighted by Crippen LogP contribution is 2.43. The molecule has 226 valence electrons. The molecule has 0 amide bonds. The molecule has 4 rings (SSSR count). The second-order valence-electron chi connectivity index (χ2n) is 8.66. The van der Waals surface area contributed by atoms with E-state index in [1.807, 2.05) is 0 Å². The number of thiazole rings is 1. The third-order valence-electron chi connectivity index (χ3n) is 5.52. The smallest absolute Gasteiger partial charge is 0.434 e. The summed E-state index contributed by atoms with van der Waals surface area (Å²) >= 11 is 10.9. The zero-order valence-electron chi connectivity index (χ0n) is 21.7. The van der Waals surface area contributed by atoms with Gasteiger partial charge in [0, 0.05) is 41.7 Å². The van der Waals surface area contributed by atoms with Crippen LogP contribution in [0.25, 0.3) is 10.7 Å². The first-order chi connectivity index (χ1) is 19.7. The topological polar surface area (TPSA) is 145 Å². The molecule has 1 aliphatic rings. The van der Waals surface area contributed by atoms with Crippen molar-refractivity contribution in [3.05, 3.63) is 39.2 Å². The van der Waals surface area contributed by atoms with E-state index in [2.05, 4.69) is 36.2 Å². The van der Waals surface area contributed by atoms with Crippen molar-refractivity contribution in [2.24, 2.45) is 0 Å². The van der Waals surface area contributed by atoms with E-state index in [1.165, 1.54) is 35.2 Å². The number of pyridine rings is 1. The van der Waals surface area contributed by atoms with Crippen LogP contribution >= 0.6 is 50.6 Å². The Morgan fingerprint density at radius 3 is 2.43 bits per heavy atom. The molecule has 19 heteroatoms. The maximum atomic E-state index is 13.3. The minimum Gasteiger partial charge on any atom is -0.463 e. The largest absolute Gasteiger partial charge is 0.463 e. The van der Waals surface area contributed by atoms with Crippen LogP contribution in [0, 0.1) is 0 Å². The highest BCUT2D eigenvalue weighted by Gasteiger charge is 2.52. The lowest BCUT2D eigenvalue weighted by Gasteiger charge is -2.44. The fourth-order valence-electron chi connectivity index (χ4n) is 4.00. The predicted octanol–water partition coefficient (Wildman–Crippen LogP) is 4.72. The minimum absolute atomic E-state index is 0.213. The number of hydrogen-bond donors (Lipinski definition) is 0. The molecule has 12 nitrogen and oxygen atoms in total. The van der Waals surface area contributed by atoms with Gasteiger partial charge in [-0.2, -0.15) is 13.2 Å². The van der Waals surface area contributed by atoms with Gasteiger partial charge in [0.1, 0.15) is 40.0 Å². The highest BCUT2D eigenvalue weighted by atomic mass is 79.9. The highest BCUT2D eigenvalue weighted by molar-refractivity contribution is 9.10. The number of ether oxygens (including phenoxy) is 4. The molecule has 0 aliphatic carbocycles. The first-order valence-electron chi connectivity index (χ1n) is 11.8. The van der Waals surface area contributed by atoms with Gasteiger partial charge in [0.15, 0.2) is 17.9 Å². The molecule has 0 aromatic carbocycles. The van der Waals surface area contributed by atoms with Gasteiger partial charge in [-0.05, 0) is 22.0 Å². The number of esters is 3. The van der Waals surface area contributed by atoms with Crippen molar-refractivity contribution in [2.45, 2.75) is 61.6 Å². The van der Waals surface area contributed by atoms with Crippen molar-refractivity contribution in [2.75, 3.05) is 6.61 Å². The normalized spacial score (nSPS) is 22.4. The molecule has 42 heavy (non-hydrogen) atoms. The van der Waals surface area contributed by atoms with E-state index in [0.717, 1.165) is 31.8 Å². The first kappa shape index (κ1) is 32.1. The summed E-state index contributed by atoms with van der Waals surface area (Å²) in [4.78, 5) is 44.0. The van der Waals surface area contributed by atoms with E-state index < -0.39 is 59.6 Å². The quantitative estimate of drug-likeness (QED) is 0.235. The molecule has 1 saturated heterocycles. The lowest BCUT2D eigenvalue weighted by atomic mass is 9.96. The number of carbonyl (C=O) groups excluding carboxylic acids is 3. The van der Waals surface area contributed by atoms with Gasteiger partial charge in [-0.25, -0.2) is 14.6 Å². The number of halogens is 5. The van der Waals surface area contributed by atoms with Gasteiger partial charge in [0.25, 0.3) is 0 Å². The molecule has 0 N–H and O–H groups in total. The lowest BCUT2D eigenvalue weighted by molar-refractivity contribution is -0.212. The summed E-state index contributed by atoms with van der Waals surface area (Å²) in [5.41, 5.74) is -1.97. The van der Waals surface area contributed by atoms with Crippen molar-refractivity contribution in [3.63, 3.8) is 0 Å². The van der Waals surface area contributed by atoms with Gasteiger partial charge in [0.2, 0.25) is 0 Å². The average Bonchev–Trinajstić information content (AvgIpc) is 3.52. The van der Waals surface area contributed by atoms with Crippen LogP contribution in [-0.2, 0) is 39.5 Å². The third-order valence-corrected chi connectivity index (χ3v) is 8.42. The molecule has 0 spiro atoms. The van der Waals surface area contributed by atoms with Gasteiger partial charge in [-0.1, -0.05) is 28.6 Å². The summed E-state index contributed by atoms with van der Waals surface area (Å²) in [6.45, 7) is 3.08. The van der Waals surface area contributed by atoms with E-state index in [4.69, 9.17) is 30.5 Å². The zero-order chi connectivity index (χ0) is 30.8. The molecular formula is C23H20BrClF3N5O7S2. The van der Waals surface area contributed by atoms with Gasteiger partial charge < -0.3 is 18.9 Å². The molecule has 3 aromatic rings. The Kier molecular flexibility index (Phi) is 10.1. The summed E-state index contributed by atoms with van der Waals surface area (Å²) in [5.74, 6) is -2.11. The van der Waals surface area contributed by atoms with E-state index in [-0.39, 0.29) is 21.1 Å². The predicted molar refractivity (Wildman–Crippen MR) is 144 cm³/mol. The van der Waals surface area contributed by atoms with Crippen LogP contribution in [0.5, 0.6) is 0 Å². The van der Waals surface area contributed by atoms with E-state index in [9.17, 15) is 27.6 Å². The van der Waals surface area contributed by atoms with Crippen LogP contribution < -0.4 is 0 Å². The molecule has 0 bridgehead atoms. The summed E-state index contributed by atoms with van der Waals surface area (Å²) in [7, 11) is 0. The van der Waals surface area contributed by atoms with Gasteiger partial charge in [0.05, 0.1) is 6.20 Å². The van der Waals surface area contributed by atoms with E-state index in [0.29, 0.717) is 10.7 Å². The molecule has 0 saturated carbocycles. The Bertz CT molecular complexity index is 1480. The molecule has 0 radical (unpaired) electrons. The second-order valence-corrected chi connectivity index (χ2v) is 11.9. The van der Waals surface area contributed by atoms with Gasteiger partial charge >= 0.3 is 24.1 Å². The zero-order valence-corrected chi connectivity index (χ0v) is 25.7. The lowest BCUT2D eigenvalue weighted by Crippen LogP contribution is -2.57. The van der Waals surface area contributed by atoms with Crippen LogP contribution in [0.2, 0.25) is 5.15 Å². The molecule has 3 unspecified atom stereocenters. The third kappa shape index (κ3) is 7.77. The second kappa shape index (κ2) is 13.2. The summed E-state index contributed by atoms with van der Waals surface area (Å²) in [6.07, 6.45) is -5.84. The van der Waals surface area contributed by atoms with Gasteiger partial charge in [-0.15, -0.1) is 16.4 Å². The maximum Gasteiger partial charge on any atom is 0.434 e. The Morgan fingerprint density at radius 1 is 1.17 bits per heavy atom. The molecular weight excluding hydrogens is 695 g/mol. The minimum atomic E-state index is -4.70. The van der Waals surface area contributed by atoms with E-state index in [1.54, 1.807) is 5.38 Å². The molecule has 4 heterocycles. The monoisotopic (exact) mass is 713 g/mol. The summed E-state index contributed by atoms with van der Waals surface area (Å²) in [5, 5.41) is 10.5. The summed E-state index contributed by atoms with van der Waals surface area (Å²) in [6, 6.07) is 0.0787. The number of nitrogens with zero attached hydrogens (tertiary/aromatic N) is 5. The Morgan fingerprint density at radius 2 is 1.86 bits per heavy atom. The van der Waals surface area contributed by atoms with Crippen molar-refractivity contribution in [1.82, 2.24) is 25.0 Å². The van der Waals surface area contributed by atoms with E-state index >= 15 is 0 Å². The van der Waals surface area contributed by atoms with Crippen LogP contribution in [0.1, 0.15) is 32.5 Å². The number of thioether (sulfide) groups is 1. The molecule has 3 aromatic heterocycles. The number of alkyl halides is 3. The van der Waals surface area contributed by atoms with Crippen LogP contribution in [0.4, 0.5) is 13.2 Å². The maximum absolute atomic E-state index is 13.3. The molecule has 5 atom stereocenters.